The average molecular weight is 473 g/mol. The normalized spacial score (nSPS) is 13.7. The van der Waals surface area contributed by atoms with Gasteiger partial charge >= 0.3 is 51.4 Å². The maximum atomic E-state index is 11.3. The van der Waals surface area contributed by atoms with Gasteiger partial charge in [0.05, 0.1) is 16.2 Å². The fourth-order valence-electron chi connectivity index (χ4n) is 3.98. The molecule has 0 amide bonds. The van der Waals surface area contributed by atoms with Crippen molar-refractivity contribution in [1.29, 1.82) is 0 Å². The fraction of sp³-hybridized carbons (Fsp3) is 1.00. The molecule has 0 aliphatic heterocycles. The van der Waals surface area contributed by atoms with Crippen LogP contribution in [0.3, 0.4) is 0 Å². The number of aliphatic hydroxyl groups excluding tert-OH is 1. The topological polar surface area (TPSA) is 77.4 Å². The van der Waals surface area contributed by atoms with Crippen molar-refractivity contribution in [3.63, 3.8) is 0 Å². The van der Waals surface area contributed by atoms with Crippen LogP contribution in [0.2, 0.25) is 0 Å². The summed E-state index contributed by atoms with van der Waals surface area (Å²) in [6.45, 7) is 4.26. The minimum absolute atomic E-state index is 0. The van der Waals surface area contributed by atoms with Crippen LogP contribution in [0.15, 0.2) is 0 Å². The quantitative estimate of drug-likeness (QED) is 0.146. The summed E-state index contributed by atoms with van der Waals surface area (Å²) >= 11 is 0. The van der Waals surface area contributed by atoms with Crippen LogP contribution >= 0.6 is 0 Å². The summed E-state index contributed by atoms with van der Waals surface area (Å²) in [7, 11) is -4.17. The Morgan fingerprint density at radius 2 is 0.933 bits per heavy atom. The van der Waals surface area contributed by atoms with Crippen LogP contribution in [-0.4, -0.2) is 29.4 Å². The Bertz CT molecular complexity index is 442. The van der Waals surface area contributed by atoms with Crippen LogP contribution < -0.4 is 51.4 Å². The Kier molecular flexibility index (Phi) is 26.6. The third-order valence-corrected chi connectivity index (χ3v) is 7.28. The van der Waals surface area contributed by atoms with Gasteiger partial charge in [0.15, 0.2) is 0 Å². The summed E-state index contributed by atoms with van der Waals surface area (Å²) in [6.07, 6.45) is 21.2. The monoisotopic (exact) mass is 472 g/mol. The fourth-order valence-corrected chi connectivity index (χ4v) is 4.89. The zero-order valence-electron chi connectivity index (χ0n) is 20.4. The molecule has 4 nitrogen and oxygen atoms in total. The summed E-state index contributed by atoms with van der Waals surface area (Å²) < 4.78 is 33.9. The van der Waals surface area contributed by atoms with Gasteiger partial charge in [-0.3, -0.25) is 0 Å². The van der Waals surface area contributed by atoms with Gasteiger partial charge in [0.2, 0.25) is 0 Å². The van der Waals surface area contributed by atoms with E-state index in [1.54, 1.807) is 0 Å². The van der Waals surface area contributed by atoms with E-state index in [1.165, 1.54) is 64.2 Å². The number of unbranched alkanes of at least 4 members (excludes halogenated alkanes) is 13. The second kappa shape index (κ2) is 23.7. The Labute approximate surface area is 230 Å². The first kappa shape index (κ1) is 33.7. The largest absolute Gasteiger partial charge is 1.00 e. The molecule has 0 aromatic carbocycles. The molecule has 1 N–H and O–H groups in total. The molecule has 0 bridgehead atoms. The third kappa shape index (κ3) is 22.7. The first-order chi connectivity index (χ1) is 13.9. The molecular weight excluding hydrogens is 423 g/mol. The molecule has 0 aliphatic carbocycles. The predicted molar refractivity (Wildman–Crippen MR) is 123 cm³/mol. The third-order valence-electron chi connectivity index (χ3n) is 5.99. The smallest absolute Gasteiger partial charge is 0.748 e. The van der Waals surface area contributed by atoms with Crippen LogP contribution in [0, 0.1) is 0 Å². The van der Waals surface area contributed by atoms with E-state index in [4.69, 9.17) is 0 Å². The molecule has 2 unspecified atom stereocenters. The first-order valence-corrected chi connectivity index (χ1v) is 14.0. The Morgan fingerprint density at radius 3 is 1.37 bits per heavy atom. The van der Waals surface area contributed by atoms with E-state index in [0.29, 0.717) is 12.8 Å². The van der Waals surface area contributed by atoms with E-state index in [1.807, 2.05) is 6.92 Å². The molecule has 0 aromatic heterocycles. The van der Waals surface area contributed by atoms with Crippen LogP contribution in [0.25, 0.3) is 0 Å². The van der Waals surface area contributed by atoms with Gasteiger partial charge in [-0.25, -0.2) is 8.42 Å². The molecule has 2 atom stereocenters. The summed E-state index contributed by atoms with van der Waals surface area (Å²) in [5, 5.41) is 9.38. The standard InChI is InChI=1S/C24H50O4S.K/c1-3-5-7-8-9-10-11-12-13-14-16-19-23(25)20-17-15-18-22-24(21-6-4-2)29(26,27)28;/h23-25H,3-22H2,1-2H3,(H,26,27,28);/q;+1/p-1. The van der Waals surface area contributed by atoms with Gasteiger partial charge in [0, 0.05) is 5.25 Å². The second-order valence-electron chi connectivity index (χ2n) is 8.87. The average Bonchev–Trinajstić information content (AvgIpc) is 2.67. The predicted octanol–water partition coefficient (Wildman–Crippen LogP) is 4.11. The van der Waals surface area contributed by atoms with Gasteiger partial charge in [0.25, 0.3) is 0 Å². The van der Waals surface area contributed by atoms with Gasteiger partial charge in [-0.05, 0) is 25.7 Å². The molecule has 0 saturated carbocycles. The van der Waals surface area contributed by atoms with Crippen molar-refractivity contribution in [3.8, 4) is 0 Å². The van der Waals surface area contributed by atoms with E-state index in [9.17, 15) is 18.1 Å². The minimum atomic E-state index is -4.17. The minimum Gasteiger partial charge on any atom is -0.748 e. The number of hydrogen-bond acceptors (Lipinski definition) is 4. The van der Waals surface area contributed by atoms with Gasteiger partial charge in [-0.15, -0.1) is 0 Å². The zero-order chi connectivity index (χ0) is 21.8. The van der Waals surface area contributed by atoms with E-state index in [0.717, 1.165) is 51.4 Å². The molecule has 0 rings (SSSR count). The van der Waals surface area contributed by atoms with Crippen LogP contribution in [0.4, 0.5) is 0 Å². The van der Waals surface area contributed by atoms with Gasteiger partial charge < -0.3 is 9.66 Å². The zero-order valence-corrected chi connectivity index (χ0v) is 24.3. The van der Waals surface area contributed by atoms with Crippen molar-refractivity contribution in [3.05, 3.63) is 0 Å². The summed E-state index contributed by atoms with van der Waals surface area (Å²) in [6, 6.07) is 0. The molecule has 0 radical (unpaired) electrons. The van der Waals surface area contributed by atoms with Gasteiger partial charge in [-0.1, -0.05) is 117 Å². The number of hydrogen-bond donors (Lipinski definition) is 1. The molecule has 0 aromatic rings. The van der Waals surface area contributed by atoms with Crippen molar-refractivity contribution in [2.24, 2.45) is 0 Å². The van der Waals surface area contributed by atoms with E-state index in [2.05, 4.69) is 6.92 Å². The maximum Gasteiger partial charge on any atom is 1.00 e. The summed E-state index contributed by atoms with van der Waals surface area (Å²) in [4.78, 5) is 0. The van der Waals surface area contributed by atoms with Crippen molar-refractivity contribution in [2.45, 2.75) is 154 Å². The molecule has 0 heterocycles. The van der Waals surface area contributed by atoms with Crippen molar-refractivity contribution in [2.75, 3.05) is 0 Å². The molecular formula is C24H49KO4S. The molecule has 6 heteroatoms. The van der Waals surface area contributed by atoms with Crippen molar-refractivity contribution in [1.82, 2.24) is 0 Å². The van der Waals surface area contributed by atoms with Crippen LogP contribution in [-0.2, 0) is 10.1 Å². The summed E-state index contributed by atoms with van der Waals surface area (Å²) in [5.74, 6) is 0. The van der Waals surface area contributed by atoms with Gasteiger partial charge in [0.1, 0.15) is 0 Å². The molecule has 30 heavy (non-hydrogen) atoms. The molecule has 0 saturated heterocycles. The van der Waals surface area contributed by atoms with Gasteiger partial charge in [-0.2, -0.15) is 0 Å². The van der Waals surface area contributed by atoms with Crippen molar-refractivity contribution >= 4 is 10.1 Å². The molecule has 0 fully saturated rings. The molecule has 0 spiro atoms. The van der Waals surface area contributed by atoms with Crippen molar-refractivity contribution < 1.29 is 69.5 Å². The second-order valence-corrected chi connectivity index (χ2v) is 10.5. The Morgan fingerprint density at radius 1 is 0.600 bits per heavy atom. The van der Waals surface area contributed by atoms with E-state index >= 15 is 0 Å². The van der Waals surface area contributed by atoms with Crippen LogP contribution in [0.5, 0.6) is 0 Å². The SMILES string of the molecule is CCCCCCCCCCCCCC(O)CCCCCC(CCCC)S(=O)(=O)[O-].[K+]. The van der Waals surface area contributed by atoms with E-state index in [-0.39, 0.29) is 57.5 Å². The van der Waals surface area contributed by atoms with E-state index < -0.39 is 15.4 Å². The number of rotatable bonds is 22. The molecule has 0 aliphatic rings. The number of aliphatic hydroxyl groups is 1. The van der Waals surface area contributed by atoms with Crippen LogP contribution in [0.1, 0.15) is 142 Å². The molecule has 176 valence electrons. The Balaban J connectivity index is 0. The first-order valence-electron chi connectivity index (χ1n) is 12.5. The summed E-state index contributed by atoms with van der Waals surface area (Å²) in [5.41, 5.74) is 0. The maximum absolute atomic E-state index is 11.3. The Hall–Kier alpha value is 1.51.